The van der Waals surface area contributed by atoms with Gasteiger partial charge in [0.15, 0.2) is 11.0 Å². The molecule has 170 valence electrons. The summed E-state index contributed by atoms with van der Waals surface area (Å²) in [6.07, 6.45) is 2.22. The van der Waals surface area contributed by atoms with Crippen LogP contribution in [0.25, 0.3) is 0 Å². The summed E-state index contributed by atoms with van der Waals surface area (Å²) in [6.45, 7) is 5.81. The Balaban J connectivity index is 1.69. The van der Waals surface area contributed by atoms with E-state index in [1.165, 1.54) is 36.0 Å². The number of sulfonamides is 1. The van der Waals surface area contributed by atoms with Crippen LogP contribution in [-0.4, -0.2) is 59.1 Å². The van der Waals surface area contributed by atoms with Gasteiger partial charge >= 0.3 is 0 Å². The first-order valence-electron chi connectivity index (χ1n) is 10.1. The van der Waals surface area contributed by atoms with Crippen molar-refractivity contribution < 1.29 is 17.6 Å². The molecule has 1 aromatic carbocycles. The number of thioether (sulfide) groups is 1. The van der Waals surface area contributed by atoms with Crippen molar-refractivity contribution >= 4 is 33.4 Å². The molecule has 1 aliphatic rings. The van der Waals surface area contributed by atoms with E-state index in [9.17, 15) is 17.6 Å². The van der Waals surface area contributed by atoms with Crippen molar-refractivity contribution in [1.29, 1.82) is 0 Å². The normalized spacial score (nSPS) is 19.5. The van der Waals surface area contributed by atoms with E-state index in [0.29, 0.717) is 28.5 Å². The Morgan fingerprint density at radius 3 is 2.39 bits per heavy atom. The van der Waals surface area contributed by atoms with Gasteiger partial charge in [0, 0.05) is 20.1 Å². The van der Waals surface area contributed by atoms with Crippen molar-refractivity contribution in [2.24, 2.45) is 18.9 Å². The number of anilines is 1. The number of aromatic nitrogens is 3. The highest BCUT2D eigenvalue weighted by atomic mass is 32.2. The Morgan fingerprint density at radius 2 is 1.81 bits per heavy atom. The third-order valence-electron chi connectivity index (χ3n) is 5.27. The van der Waals surface area contributed by atoms with Gasteiger partial charge in [-0.2, -0.15) is 0 Å². The van der Waals surface area contributed by atoms with Gasteiger partial charge in [0.1, 0.15) is 5.82 Å². The minimum Gasteiger partial charge on any atom is -0.341 e. The fourth-order valence-corrected chi connectivity index (χ4v) is 5.52. The van der Waals surface area contributed by atoms with E-state index in [2.05, 4.69) is 24.0 Å². The van der Waals surface area contributed by atoms with Crippen LogP contribution in [0.5, 0.6) is 0 Å². The SMILES string of the molecule is CC1CC(C)CN(C(=O)CSc2nnc(CN(c3ccc(F)cc3)S(C)(=O)=O)n2C)C1. The van der Waals surface area contributed by atoms with Gasteiger partial charge in [-0.1, -0.05) is 25.6 Å². The summed E-state index contributed by atoms with van der Waals surface area (Å²) in [4.78, 5) is 14.5. The zero-order valence-electron chi connectivity index (χ0n) is 18.2. The largest absolute Gasteiger partial charge is 0.341 e. The van der Waals surface area contributed by atoms with Crippen LogP contribution in [0.1, 0.15) is 26.1 Å². The molecule has 2 aromatic rings. The molecule has 1 fully saturated rings. The molecule has 2 heterocycles. The van der Waals surface area contributed by atoms with Gasteiger partial charge in [0.2, 0.25) is 15.9 Å². The van der Waals surface area contributed by atoms with E-state index in [4.69, 9.17) is 0 Å². The number of halogens is 1. The summed E-state index contributed by atoms with van der Waals surface area (Å²) in [5.41, 5.74) is 0.338. The second kappa shape index (κ2) is 9.56. The van der Waals surface area contributed by atoms with E-state index in [0.717, 1.165) is 30.1 Å². The average Bonchev–Trinajstić information content (AvgIpc) is 3.03. The highest BCUT2D eigenvalue weighted by Crippen LogP contribution is 2.24. The molecule has 2 atom stereocenters. The molecule has 0 saturated carbocycles. The lowest BCUT2D eigenvalue weighted by atomic mass is 9.92. The van der Waals surface area contributed by atoms with Crippen LogP contribution in [-0.2, 0) is 28.4 Å². The van der Waals surface area contributed by atoms with Crippen LogP contribution in [0.4, 0.5) is 10.1 Å². The molecule has 1 saturated heterocycles. The molecule has 0 N–H and O–H groups in total. The minimum absolute atomic E-state index is 0.0520. The minimum atomic E-state index is -3.63. The molecule has 2 unspecified atom stereocenters. The Labute approximate surface area is 186 Å². The van der Waals surface area contributed by atoms with Gasteiger partial charge in [-0.05, 0) is 42.5 Å². The number of carbonyl (C=O) groups excluding carboxylic acids is 1. The van der Waals surface area contributed by atoms with E-state index < -0.39 is 15.8 Å². The second-order valence-corrected chi connectivity index (χ2v) is 11.1. The molecule has 0 radical (unpaired) electrons. The molecule has 1 amide bonds. The molecule has 8 nitrogen and oxygen atoms in total. The van der Waals surface area contributed by atoms with Crippen molar-refractivity contribution in [3.8, 4) is 0 Å². The summed E-state index contributed by atoms with van der Waals surface area (Å²) in [7, 11) is -1.89. The lowest BCUT2D eigenvalue weighted by Crippen LogP contribution is -2.43. The van der Waals surface area contributed by atoms with Crippen molar-refractivity contribution in [2.45, 2.75) is 32.0 Å². The number of carbonyl (C=O) groups is 1. The van der Waals surface area contributed by atoms with Crippen LogP contribution in [0, 0.1) is 17.7 Å². The van der Waals surface area contributed by atoms with Gasteiger partial charge < -0.3 is 9.47 Å². The third kappa shape index (κ3) is 5.97. The molecule has 0 bridgehead atoms. The Morgan fingerprint density at radius 1 is 1.19 bits per heavy atom. The summed E-state index contributed by atoms with van der Waals surface area (Å²) in [6, 6.07) is 5.22. The molecular formula is C20H28FN5O3S2. The smallest absolute Gasteiger partial charge is 0.233 e. The average molecular weight is 470 g/mol. The lowest BCUT2D eigenvalue weighted by Gasteiger charge is -2.34. The van der Waals surface area contributed by atoms with Gasteiger partial charge in [0.25, 0.3) is 0 Å². The Kier molecular flexibility index (Phi) is 7.25. The Bertz CT molecular complexity index is 1020. The van der Waals surface area contributed by atoms with E-state index >= 15 is 0 Å². The Hall–Kier alpha value is -2.14. The van der Waals surface area contributed by atoms with Crippen molar-refractivity contribution in [1.82, 2.24) is 19.7 Å². The maximum atomic E-state index is 13.2. The summed E-state index contributed by atoms with van der Waals surface area (Å²) in [5.74, 6) is 1.28. The molecule has 31 heavy (non-hydrogen) atoms. The predicted molar refractivity (Wildman–Crippen MR) is 119 cm³/mol. The number of hydrogen-bond donors (Lipinski definition) is 0. The maximum Gasteiger partial charge on any atom is 0.233 e. The van der Waals surface area contributed by atoms with Crippen molar-refractivity contribution in [3.05, 3.63) is 35.9 Å². The van der Waals surface area contributed by atoms with Crippen LogP contribution in [0.15, 0.2) is 29.4 Å². The van der Waals surface area contributed by atoms with E-state index in [-0.39, 0.29) is 18.2 Å². The number of likely N-dealkylation sites (tertiary alicyclic amines) is 1. The number of rotatable bonds is 7. The van der Waals surface area contributed by atoms with Crippen LogP contribution in [0.3, 0.4) is 0 Å². The highest BCUT2D eigenvalue weighted by molar-refractivity contribution is 7.99. The van der Waals surface area contributed by atoms with Crippen LogP contribution in [0.2, 0.25) is 0 Å². The lowest BCUT2D eigenvalue weighted by molar-refractivity contribution is -0.130. The zero-order chi connectivity index (χ0) is 22.8. The number of piperidine rings is 1. The van der Waals surface area contributed by atoms with Gasteiger partial charge in [0.05, 0.1) is 24.2 Å². The summed E-state index contributed by atoms with van der Waals surface area (Å²) >= 11 is 1.29. The van der Waals surface area contributed by atoms with E-state index in [1.807, 2.05) is 4.90 Å². The van der Waals surface area contributed by atoms with E-state index in [1.54, 1.807) is 11.6 Å². The first-order valence-corrected chi connectivity index (χ1v) is 12.9. The molecule has 3 rings (SSSR count). The van der Waals surface area contributed by atoms with Crippen LogP contribution >= 0.6 is 11.8 Å². The van der Waals surface area contributed by atoms with Gasteiger partial charge in [-0.25, -0.2) is 12.8 Å². The summed E-state index contributed by atoms with van der Waals surface area (Å²) < 4.78 is 40.7. The van der Waals surface area contributed by atoms with Crippen molar-refractivity contribution in [3.63, 3.8) is 0 Å². The molecule has 0 aliphatic carbocycles. The first kappa shape index (κ1) is 23.5. The molecule has 1 aromatic heterocycles. The molecule has 0 spiro atoms. The molecular weight excluding hydrogens is 441 g/mol. The predicted octanol–water partition coefficient (Wildman–Crippen LogP) is 2.52. The number of hydrogen-bond acceptors (Lipinski definition) is 6. The number of nitrogens with zero attached hydrogens (tertiary/aromatic N) is 5. The third-order valence-corrected chi connectivity index (χ3v) is 7.42. The van der Waals surface area contributed by atoms with Gasteiger partial charge in [-0.3, -0.25) is 9.10 Å². The van der Waals surface area contributed by atoms with Gasteiger partial charge in [-0.15, -0.1) is 10.2 Å². The van der Waals surface area contributed by atoms with Crippen molar-refractivity contribution in [2.75, 3.05) is 29.4 Å². The fraction of sp³-hybridized carbons (Fsp3) is 0.550. The monoisotopic (exact) mass is 469 g/mol. The maximum absolute atomic E-state index is 13.2. The topological polar surface area (TPSA) is 88.4 Å². The standard InChI is InChI=1S/C20H28FN5O3S2/c1-14-9-15(2)11-25(10-14)19(27)13-30-20-23-22-18(24(20)3)12-26(31(4,28)29)17-7-5-16(21)6-8-17/h5-8,14-15H,9-13H2,1-4H3. The quantitative estimate of drug-likeness (QED) is 0.579. The zero-order valence-corrected chi connectivity index (χ0v) is 19.8. The first-order chi connectivity index (χ1) is 14.5. The number of benzene rings is 1. The van der Waals surface area contributed by atoms with Crippen LogP contribution < -0.4 is 4.31 Å². The second-order valence-electron chi connectivity index (χ2n) is 8.24. The summed E-state index contributed by atoms with van der Waals surface area (Å²) in [5, 5.41) is 8.78. The molecule has 11 heteroatoms. The number of amides is 1. The highest BCUT2D eigenvalue weighted by Gasteiger charge is 2.26. The fourth-order valence-electron chi connectivity index (χ4n) is 3.83. The molecule has 1 aliphatic heterocycles.